The lowest BCUT2D eigenvalue weighted by atomic mass is 10.2. The summed E-state index contributed by atoms with van der Waals surface area (Å²) >= 11 is 0. The molecule has 0 radical (unpaired) electrons. The van der Waals surface area contributed by atoms with Gasteiger partial charge in [0.15, 0.2) is 0 Å². The fraction of sp³-hybridized carbons (Fsp3) is 0.417. The summed E-state index contributed by atoms with van der Waals surface area (Å²) in [5, 5.41) is 11.6. The third-order valence-corrected chi connectivity index (χ3v) is 1.97. The van der Waals surface area contributed by atoms with E-state index in [2.05, 4.69) is 5.32 Å². The summed E-state index contributed by atoms with van der Waals surface area (Å²) in [5.74, 6) is -0.503. The van der Waals surface area contributed by atoms with Crippen molar-refractivity contribution in [3.8, 4) is 6.07 Å². The number of halogens is 1. The monoisotopic (exact) mass is 222 g/mol. The largest absolute Gasteiger partial charge is 0.383 e. The zero-order valence-corrected chi connectivity index (χ0v) is 9.46. The summed E-state index contributed by atoms with van der Waals surface area (Å²) in [6.07, 6.45) is 0.194. The van der Waals surface area contributed by atoms with Gasteiger partial charge in [-0.25, -0.2) is 4.39 Å². The van der Waals surface area contributed by atoms with Gasteiger partial charge in [-0.05, 0) is 32.0 Å². The second kappa shape index (κ2) is 6.09. The van der Waals surface area contributed by atoms with E-state index < -0.39 is 5.82 Å². The highest BCUT2D eigenvalue weighted by Crippen LogP contribution is 2.13. The van der Waals surface area contributed by atoms with Crippen LogP contribution in [0.1, 0.15) is 19.4 Å². The molecule has 0 saturated carbocycles. The van der Waals surface area contributed by atoms with Crippen molar-refractivity contribution in [1.82, 2.24) is 0 Å². The van der Waals surface area contributed by atoms with Crippen molar-refractivity contribution >= 4 is 5.69 Å². The van der Waals surface area contributed by atoms with Gasteiger partial charge < -0.3 is 10.1 Å². The lowest BCUT2D eigenvalue weighted by Crippen LogP contribution is -2.13. The Labute approximate surface area is 94.8 Å². The smallest absolute Gasteiger partial charge is 0.143 e. The summed E-state index contributed by atoms with van der Waals surface area (Å²) in [6, 6.07) is 6.23. The highest BCUT2D eigenvalue weighted by molar-refractivity contribution is 5.48. The third kappa shape index (κ3) is 3.87. The first-order valence-corrected chi connectivity index (χ1v) is 5.18. The molecule has 3 nitrogen and oxygen atoms in total. The molecule has 16 heavy (non-hydrogen) atoms. The minimum Gasteiger partial charge on any atom is -0.383 e. The van der Waals surface area contributed by atoms with E-state index in [-0.39, 0.29) is 11.7 Å². The topological polar surface area (TPSA) is 45.0 Å². The molecule has 86 valence electrons. The number of ether oxygens (including phenoxy) is 1. The molecular formula is C12H15FN2O. The van der Waals surface area contributed by atoms with E-state index in [1.165, 1.54) is 12.1 Å². The van der Waals surface area contributed by atoms with Crippen molar-refractivity contribution in [2.45, 2.75) is 20.0 Å². The molecule has 0 amide bonds. The van der Waals surface area contributed by atoms with E-state index in [1.54, 1.807) is 12.1 Å². The lowest BCUT2D eigenvalue weighted by molar-refractivity contribution is 0.0870. The number of nitrogens with zero attached hydrogens (tertiary/aromatic N) is 1. The van der Waals surface area contributed by atoms with Crippen LogP contribution < -0.4 is 5.32 Å². The number of benzene rings is 1. The summed E-state index contributed by atoms with van der Waals surface area (Å²) in [7, 11) is 0. The number of nitriles is 1. The number of rotatable bonds is 5. The molecule has 0 aliphatic rings. The number of nitrogens with one attached hydrogen (secondary N) is 1. The predicted octanol–water partition coefficient (Wildman–Crippen LogP) is 2.53. The van der Waals surface area contributed by atoms with Crippen molar-refractivity contribution in [1.29, 1.82) is 5.26 Å². The van der Waals surface area contributed by atoms with Gasteiger partial charge in [0.1, 0.15) is 11.9 Å². The van der Waals surface area contributed by atoms with Crippen LogP contribution in [0.2, 0.25) is 0 Å². The Balaban J connectivity index is 2.44. The molecular weight excluding hydrogens is 207 g/mol. The molecule has 0 saturated heterocycles. The van der Waals surface area contributed by atoms with E-state index in [0.717, 1.165) is 0 Å². The van der Waals surface area contributed by atoms with Crippen molar-refractivity contribution in [2.24, 2.45) is 0 Å². The van der Waals surface area contributed by atoms with Gasteiger partial charge in [-0.2, -0.15) is 5.26 Å². The van der Waals surface area contributed by atoms with E-state index in [1.807, 2.05) is 13.8 Å². The Hall–Kier alpha value is -1.60. The van der Waals surface area contributed by atoms with Gasteiger partial charge in [0.05, 0.1) is 18.3 Å². The zero-order valence-electron chi connectivity index (χ0n) is 9.46. The first kappa shape index (κ1) is 12.5. The van der Waals surface area contributed by atoms with Crippen molar-refractivity contribution < 1.29 is 9.13 Å². The Morgan fingerprint density at radius 2 is 2.25 bits per heavy atom. The minimum atomic E-state index is -0.503. The molecule has 0 aliphatic carbocycles. The van der Waals surface area contributed by atoms with Crippen LogP contribution in [0.5, 0.6) is 0 Å². The SMILES string of the molecule is CC(C)OCCNc1ccc(C#N)c(F)c1. The van der Waals surface area contributed by atoms with Gasteiger partial charge in [0.25, 0.3) is 0 Å². The quantitative estimate of drug-likeness (QED) is 0.779. The third-order valence-electron chi connectivity index (χ3n) is 1.97. The Morgan fingerprint density at radius 3 is 2.81 bits per heavy atom. The molecule has 0 heterocycles. The maximum atomic E-state index is 13.2. The molecule has 0 aromatic heterocycles. The average molecular weight is 222 g/mol. The molecule has 1 aromatic carbocycles. The average Bonchev–Trinajstić information content (AvgIpc) is 2.24. The van der Waals surface area contributed by atoms with E-state index >= 15 is 0 Å². The number of hydrogen-bond donors (Lipinski definition) is 1. The van der Waals surface area contributed by atoms with Crippen molar-refractivity contribution in [3.63, 3.8) is 0 Å². The second-order valence-corrected chi connectivity index (χ2v) is 3.65. The molecule has 0 unspecified atom stereocenters. The molecule has 1 aromatic rings. The van der Waals surface area contributed by atoms with Crippen LogP contribution in [-0.2, 0) is 4.74 Å². The standard InChI is InChI=1S/C12H15FN2O/c1-9(2)16-6-5-15-11-4-3-10(8-14)12(13)7-11/h3-4,7,9,15H,5-6H2,1-2H3. The fourth-order valence-corrected chi connectivity index (χ4v) is 1.21. The van der Waals surface area contributed by atoms with Gasteiger partial charge in [-0.15, -0.1) is 0 Å². The molecule has 0 aliphatic heterocycles. The maximum Gasteiger partial charge on any atom is 0.143 e. The van der Waals surface area contributed by atoms with Crippen LogP contribution >= 0.6 is 0 Å². The molecule has 0 spiro atoms. The number of anilines is 1. The molecule has 0 atom stereocenters. The fourth-order valence-electron chi connectivity index (χ4n) is 1.21. The van der Waals surface area contributed by atoms with Crippen LogP contribution in [0.25, 0.3) is 0 Å². The van der Waals surface area contributed by atoms with Gasteiger partial charge in [0, 0.05) is 12.2 Å². The summed E-state index contributed by atoms with van der Waals surface area (Å²) in [5.41, 5.74) is 0.716. The maximum absolute atomic E-state index is 13.2. The molecule has 0 fully saturated rings. The molecule has 0 bridgehead atoms. The first-order chi connectivity index (χ1) is 7.63. The zero-order chi connectivity index (χ0) is 12.0. The molecule has 1 rings (SSSR count). The van der Waals surface area contributed by atoms with Crippen LogP contribution in [0.3, 0.4) is 0 Å². The highest BCUT2D eigenvalue weighted by Gasteiger charge is 2.02. The van der Waals surface area contributed by atoms with Crippen molar-refractivity contribution in [2.75, 3.05) is 18.5 Å². The van der Waals surface area contributed by atoms with Gasteiger partial charge in [0.2, 0.25) is 0 Å². The van der Waals surface area contributed by atoms with E-state index in [4.69, 9.17) is 10.00 Å². The number of hydrogen-bond acceptors (Lipinski definition) is 3. The van der Waals surface area contributed by atoms with Gasteiger partial charge >= 0.3 is 0 Å². The summed E-state index contributed by atoms with van der Waals surface area (Å²) in [6.45, 7) is 5.10. The van der Waals surface area contributed by atoms with E-state index in [9.17, 15) is 4.39 Å². The molecule has 1 N–H and O–H groups in total. The van der Waals surface area contributed by atoms with Gasteiger partial charge in [-0.3, -0.25) is 0 Å². The van der Waals surface area contributed by atoms with Crippen LogP contribution in [0.15, 0.2) is 18.2 Å². The minimum absolute atomic E-state index is 0.0592. The van der Waals surface area contributed by atoms with Gasteiger partial charge in [-0.1, -0.05) is 0 Å². The predicted molar refractivity (Wildman–Crippen MR) is 60.7 cm³/mol. The lowest BCUT2D eigenvalue weighted by Gasteiger charge is -2.09. The van der Waals surface area contributed by atoms with Crippen LogP contribution in [0, 0.1) is 17.1 Å². The first-order valence-electron chi connectivity index (χ1n) is 5.18. The Bertz CT molecular complexity index is 385. The Morgan fingerprint density at radius 1 is 1.50 bits per heavy atom. The summed E-state index contributed by atoms with van der Waals surface area (Å²) in [4.78, 5) is 0. The van der Waals surface area contributed by atoms with Crippen molar-refractivity contribution in [3.05, 3.63) is 29.6 Å². The van der Waals surface area contributed by atoms with E-state index in [0.29, 0.717) is 18.8 Å². The van der Waals surface area contributed by atoms with Crippen LogP contribution in [0.4, 0.5) is 10.1 Å². The second-order valence-electron chi connectivity index (χ2n) is 3.65. The normalized spacial score (nSPS) is 10.2. The summed E-state index contributed by atoms with van der Waals surface area (Å²) < 4.78 is 18.5. The highest BCUT2D eigenvalue weighted by atomic mass is 19.1. The Kier molecular flexibility index (Phi) is 4.74. The van der Waals surface area contributed by atoms with Crippen LogP contribution in [-0.4, -0.2) is 19.3 Å². The molecule has 4 heteroatoms.